The maximum atomic E-state index is 12.3. The van der Waals surface area contributed by atoms with E-state index in [9.17, 15) is 9.90 Å². The molecule has 19 heavy (non-hydrogen) atoms. The number of rotatable bonds is 3. The third-order valence-electron chi connectivity index (χ3n) is 3.82. The fraction of sp³-hybridized carbons (Fsp3) is 0.571. The van der Waals surface area contributed by atoms with Crippen LogP contribution in [0.4, 0.5) is 0 Å². The van der Waals surface area contributed by atoms with E-state index in [1.54, 1.807) is 18.1 Å². The van der Waals surface area contributed by atoms with Crippen LogP contribution in [0, 0.1) is 0 Å². The summed E-state index contributed by atoms with van der Waals surface area (Å²) in [4.78, 5) is 20.3. The number of aliphatic hydroxyl groups excluding tert-OH is 1. The summed E-state index contributed by atoms with van der Waals surface area (Å²) in [6.07, 6.45) is 1.74. The zero-order chi connectivity index (χ0) is 14.0. The Bertz CT molecular complexity index is 447. The van der Waals surface area contributed by atoms with E-state index in [-0.39, 0.29) is 18.1 Å². The quantitative estimate of drug-likeness (QED) is 0.862. The lowest BCUT2D eigenvalue weighted by atomic mass is 9.95. The van der Waals surface area contributed by atoms with Crippen molar-refractivity contribution in [2.45, 2.75) is 32.0 Å². The molecule has 0 aromatic carbocycles. The van der Waals surface area contributed by atoms with Crippen LogP contribution < -0.4 is 0 Å². The largest absolute Gasteiger partial charge is 0.394 e. The molecule has 0 spiro atoms. The van der Waals surface area contributed by atoms with E-state index in [1.807, 2.05) is 36.9 Å². The number of aromatic nitrogens is 1. The molecule has 1 N–H and O–H groups in total. The van der Waals surface area contributed by atoms with Crippen molar-refractivity contribution < 1.29 is 9.90 Å². The number of carbonyl (C=O) groups is 1. The number of carbonyl (C=O) groups excluding carboxylic acids is 1. The predicted molar refractivity (Wildman–Crippen MR) is 72.4 cm³/mol. The molecule has 1 aliphatic heterocycles. The maximum Gasteiger partial charge on any atom is 0.242 e. The Morgan fingerprint density at radius 3 is 2.79 bits per heavy atom. The number of nitrogens with zero attached hydrogens (tertiary/aromatic N) is 3. The summed E-state index contributed by atoms with van der Waals surface area (Å²) in [5.41, 5.74) is 0.673. The Labute approximate surface area is 113 Å². The summed E-state index contributed by atoms with van der Waals surface area (Å²) in [6, 6.07) is 5.26. The second-order valence-electron chi connectivity index (χ2n) is 5.63. The topological polar surface area (TPSA) is 56.7 Å². The smallest absolute Gasteiger partial charge is 0.242 e. The summed E-state index contributed by atoms with van der Waals surface area (Å²) < 4.78 is 0. The van der Waals surface area contributed by atoms with Gasteiger partial charge in [0.2, 0.25) is 5.91 Å². The van der Waals surface area contributed by atoms with Gasteiger partial charge in [-0.25, -0.2) is 0 Å². The highest BCUT2D eigenvalue weighted by Crippen LogP contribution is 2.24. The molecular weight excluding hydrogens is 242 g/mol. The van der Waals surface area contributed by atoms with E-state index in [4.69, 9.17) is 0 Å². The number of hydrogen-bond acceptors (Lipinski definition) is 4. The Morgan fingerprint density at radius 1 is 1.47 bits per heavy atom. The fourth-order valence-electron chi connectivity index (χ4n) is 2.45. The van der Waals surface area contributed by atoms with E-state index >= 15 is 0 Å². The normalized spacial score (nSPS) is 23.7. The molecule has 1 aromatic rings. The molecule has 1 aromatic heterocycles. The van der Waals surface area contributed by atoms with E-state index in [2.05, 4.69) is 4.98 Å². The van der Waals surface area contributed by atoms with Crippen LogP contribution in [0.15, 0.2) is 24.4 Å². The molecule has 5 heteroatoms. The first kappa shape index (κ1) is 14.0. The average molecular weight is 263 g/mol. The molecule has 1 fully saturated rings. The van der Waals surface area contributed by atoms with Crippen molar-refractivity contribution >= 4 is 5.91 Å². The van der Waals surface area contributed by atoms with Crippen molar-refractivity contribution in [3.63, 3.8) is 0 Å². The molecule has 2 rings (SSSR count). The summed E-state index contributed by atoms with van der Waals surface area (Å²) in [5.74, 6) is -0.0327. The van der Waals surface area contributed by atoms with E-state index < -0.39 is 6.04 Å². The molecule has 1 saturated heterocycles. The van der Waals surface area contributed by atoms with Gasteiger partial charge in [-0.1, -0.05) is 6.07 Å². The van der Waals surface area contributed by atoms with Gasteiger partial charge in [-0.3, -0.25) is 14.7 Å². The number of aliphatic hydroxyl groups is 1. The van der Waals surface area contributed by atoms with Crippen molar-refractivity contribution in [3.8, 4) is 0 Å². The molecule has 0 bridgehead atoms. The van der Waals surface area contributed by atoms with Crippen LogP contribution in [0.3, 0.4) is 0 Å². The van der Waals surface area contributed by atoms with Gasteiger partial charge in [0.15, 0.2) is 0 Å². The number of likely N-dealkylation sites (N-methyl/N-ethyl adjacent to an activating group) is 1. The minimum absolute atomic E-state index is 0.0327. The first-order chi connectivity index (χ1) is 8.95. The number of pyridine rings is 1. The van der Waals surface area contributed by atoms with Gasteiger partial charge in [0.1, 0.15) is 6.04 Å². The van der Waals surface area contributed by atoms with Crippen molar-refractivity contribution in [1.82, 2.24) is 14.8 Å². The Morgan fingerprint density at radius 2 is 2.21 bits per heavy atom. The number of hydrogen-bond donors (Lipinski definition) is 1. The fourth-order valence-corrected chi connectivity index (χ4v) is 2.45. The van der Waals surface area contributed by atoms with Crippen molar-refractivity contribution in [1.29, 1.82) is 0 Å². The van der Waals surface area contributed by atoms with Gasteiger partial charge in [0, 0.05) is 31.9 Å². The summed E-state index contributed by atoms with van der Waals surface area (Å²) in [5, 5.41) is 9.49. The molecule has 0 radical (unpaired) electrons. The molecule has 104 valence electrons. The molecule has 1 unspecified atom stereocenters. The van der Waals surface area contributed by atoms with Gasteiger partial charge in [-0.05, 0) is 26.0 Å². The molecule has 2 heterocycles. The SMILES string of the molecule is CN1C(=O)C(CO)N(Cc2ccccn2)CC1(C)C. The second kappa shape index (κ2) is 5.27. The highest BCUT2D eigenvalue weighted by atomic mass is 16.3. The molecule has 1 aliphatic rings. The Kier molecular flexibility index (Phi) is 3.87. The average Bonchev–Trinajstić information content (AvgIpc) is 2.37. The van der Waals surface area contributed by atoms with E-state index in [0.29, 0.717) is 6.54 Å². The first-order valence-corrected chi connectivity index (χ1v) is 6.48. The summed E-state index contributed by atoms with van der Waals surface area (Å²) in [6.45, 7) is 5.20. The standard InChI is InChI=1S/C14H21N3O2/c1-14(2)10-17(8-11-6-4-5-7-15-11)12(9-18)13(19)16(14)3/h4-7,12,18H,8-10H2,1-3H3. The Balaban J connectivity index is 2.20. The van der Waals surface area contributed by atoms with Gasteiger partial charge < -0.3 is 10.0 Å². The molecular formula is C14H21N3O2. The summed E-state index contributed by atoms with van der Waals surface area (Å²) >= 11 is 0. The maximum absolute atomic E-state index is 12.3. The zero-order valence-corrected chi connectivity index (χ0v) is 11.7. The molecule has 1 amide bonds. The first-order valence-electron chi connectivity index (χ1n) is 6.48. The monoisotopic (exact) mass is 263 g/mol. The summed E-state index contributed by atoms with van der Waals surface area (Å²) in [7, 11) is 1.79. The van der Waals surface area contributed by atoms with Crippen LogP contribution in [0.5, 0.6) is 0 Å². The molecule has 0 saturated carbocycles. The van der Waals surface area contributed by atoms with Crippen LogP contribution in [0.1, 0.15) is 19.5 Å². The van der Waals surface area contributed by atoms with Crippen LogP contribution in [0.2, 0.25) is 0 Å². The van der Waals surface area contributed by atoms with Crippen LogP contribution in [0.25, 0.3) is 0 Å². The Hall–Kier alpha value is -1.46. The van der Waals surface area contributed by atoms with Crippen molar-refractivity contribution in [2.75, 3.05) is 20.2 Å². The number of piperazine rings is 1. The minimum Gasteiger partial charge on any atom is -0.394 e. The number of amides is 1. The second-order valence-corrected chi connectivity index (χ2v) is 5.63. The van der Waals surface area contributed by atoms with Crippen LogP contribution in [-0.2, 0) is 11.3 Å². The third kappa shape index (κ3) is 2.77. The van der Waals surface area contributed by atoms with Crippen molar-refractivity contribution in [3.05, 3.63) is 30.1 Å². The van der Waals surface area contributed by atoms with Gasteiger partial charge in [-0.2, -0.15) is 0 Å². The third-order valence-corrected chi connectivity index (χ3v) is 3.82. The predicted octanol–water partition coefficient (Wildman–Crippen LogP) is 0.495. The highest BCUT2D eigenvalue weighted by Gasteiger charge is 2.42. The minimum atomic E-state index is -0.472. The molecule has 1 atom stereocenters. The van der Waals surface area contributed by atoms with Gasteiger partial charge in [0.25, 0.3) is 0 Å². The van der Waals surface area contributed by atoms with Crippen molar-refractivity contribution in [2.24, 2.45) is 0 Å². The van der Waals surface area contributed by atoms with Gasteiger partial charge >= 0.3 is 0 Å². The zero-order valence-electron chi connectivity index (χ0n) is 11.7. The highest BCUT2D eigenvalue weighted by molar-refractivity contribution is 5.83. The molecule has 5 nitrogen and oxygen atoms in total. The lowest BCUT2D eigenvalue weighted by Crippen LogP contribution is -2.65. The lowest BCUT2D eigenvalue weighted by Gasteiger charge is -2.48. The molecule has 0 aliphatic carbocycles. The van der Waals surface area contributed by atoms with E-state index in [1.165, 1.54) is 0 Å². The van der Waals surface area contributed by atoms with Gasteiger partial charge in [0.05, 0.1) is 12.3 Å². The van der Waals surface area contributed by atoms with E-state index in [0.717, 1.165) is 12.2 Å². The van der Waals surface area contributed by atoms with Crippen LogP contribution in [-0.4, -0.2) is 57.6 Å². The van der Waals surface area contributed by atoms with Crippen LogP contribution >= 0.6 is 0 Å². The van der Waals surface area contributed by atoms with Gasteiger partial charge in [-0.15, -0.1) is 0 Å². The lowest BCUT2D eigenvalue weighted by molar-refractivity contribution is -0.151.